The summed E-state index contributed by atoms with van der Waals surface area (Å²) in [7, 11) is 0. The number of nitrogens with zero attached hydrogens (tertiary/aromatic N) is 1. The van der Waals surface area contributed by atoms with Crippen molar-refractivity contribution in [2.24, 2.45) is 0 Å². The summed E-state index contributed by atoms with van der Waals surface area (Å²) >= 11 is 0. The molecule has 0 amide bonds. The van der Waals surface area contributed by atoms with Gasteiger partial charge in [-0.2, -0.15) is 0 Å². The van der Waals surface area contributed by atoms with Gasteiger partial charge in [0.05, 0.1) is 19.6 Å². The summed E-state index contributed by atoms with van der Waals surface area (Å²) in [5.74, 6) is 1.05. The number of ether oxygens (including phenoxy) is 1. The van der Waals surface area contributed by atoms with E-state index < -0.39 is 0 Å². The first-order chi connectivity index (χ1) is 18.7. The second-order valence-electron chi connectivity index (χ2n) is 12.3. The molecule has 0 fully saturated rings. The van der Waals surface area contributed by atoms with Gasteiger partial charge in [-0.1, -0.05) is 129 Å². The Hall–Kier alpha value is -0.290. The van der Waals surface area contributed by atoms with Gasteiger partial charge in [0.1, 0.15) is 18.9 Å². The lowest BCUT2D eigenvalue weighted by Gasteiger charge is -2.39. The summed E-state index contributed by atoms with van der Waals surface area (Å²) in [6, 6.07) is 8.61. The Balaban J connectivity index is 0.0000144. The van der Waals surface area contributed by atoms with Gasteiger partial charge in [-0.3, -0.25) is 0 Å². The molecule has 1 rings (SSSR count). The number of rotatable bonds is 28. The third-order valence-electron chi connectivity index (χ3n) is 8.53. The standard InChI is InChI=1S/C36H68NO.HI/c1-5-8-11-14-17-20-23-29-37(30-24-21-18-15-12-9-6-2,31-25-22-19-16-13-10-7-3)32-33-38-36-28-26-27-35(4)34-36;/h26-28,34H,5-25,29-33H2,1-4H3;1H/q+1;/p-1. The fraction of sp³-hybridized carbons (Fsp3) is 0.833. The van der Waals surface area contributed by atoms with Crippen LogP contribution < -0.4 is 28.7 Å². The van der Waals surface area contributed by atoms with Crippen molar-refractivity contribution in [2.75, 3.05) is 32.8 Å². The van der Waals surface area contributed by atoms with Gasteiger partial charge in [0.25, 0.3) is 0 Å². The first-order valence-electron chi connectivity index (χ1n) is 17.2. The van der Waals surface area contributed by atoms with Crippen LogP contribution in [0.2, 0.25) is 0 Å². The molecule has 0 saturated carbocycles. The molecule has 0 spiro atoms. The van der Waals surface area contributed by atoms with Crippen molar-refractivity contribution in [1.29, 1.82) is 0 Å². The molecule has 0 saturated heterocycles. The minimum atomic E-state index is 0. The van der Waals surface area contributed by atoms with E-state index in [1.165, 1.54) is 171 Å². The predicted octanol–water partition coefficient (Wildman–Crippen LogP) is 8.45. The molecule has 0 heterocycles. The number of quaternary nitrogens is 1. The first-order valence-corrected chi connectivity index (χ1v) is 17.2. The lowest BCUT2D eigenvalue weighted by Crippen LogP contribution is -3.00. The third kappa shape index (κ3) is 22.0. The minimum absolute atomic E-state index is 0. The number of hydrogen-bond acceptors (Lipinski definition) is 1. The molecule has 0 N–H and O–H groups in total. The van der Waals surface area contributed by atoms with Crippen molar-refractivity contribution >= 4 is 0 Å². The number of unbranched alkanes of at least 4 members (excludes halogenated alkanes) is 18. The Morgan fingerprint density at radius 1 is 0.513 bits per heavy atom. The molecule has 2 nitrogen and oxygen atoms in total. The van der Waals surface area contributed by atoms with Crippen molar-refractivity contribution in [3.8, 4) is 5.75 Å². The Morgan fingerprint density at radius 2 is 0.897 bits per heavy atom. The van der Waals surface area contributed by atoms with Crippen molar-refractivity contribution in [2.45, 2.75) is 163 Å². The van der Waals surface area contributed by atoms with Crippen molar-refractivity contribution in [3.63, 3.8) is 0 Å². The Bertz CT molecular complexity index is 589. The summed E-state index contributed by atoms with van der Waals surface area (Å²) in [6.45, 7) is 15.2. The van der Waals surface area contributed by atoms with Gasteiger partial charge in [0.15, 0.2) is 0 Å². The average Bonchev–Trinajstić information content (AvgIpc) is 2.91. The van der Waals surface area contributed by atoms with Gasteiger partial charge in [-0.25, -0.2) is 0 Å². The largest absolute Gasteiger partial charge is 1.00 e. The molecule has 3 heteroatoms. The van der Waals surface area contributed by atoms with Crippen LogP contribution in [0, 0.1) is 6.92 Å². The van der Waals surface area contributed by atoms with Crippen LogP contribution in [-0.2, 0) is 0 Å². The van der Waals surface area contributed by atoms with Crippen molar-refractivity contribution in [3.05, 3.63) is 29.8 Å². The third-order valence-corrected chi connectivity index (χ3v) is 8.53. The van der Waals surface area contributed by atoms with Gasteiger partial charge >= 0.3 is 0 Å². The van der Waals surface area contributed by atoms with Crippen LogP contribution in [-0.4, -0.2) is 37.3 Å². The molecule has 230 valence electrons. The number of hydrogen-bond donors (Lipinski definition) is 0. The SMILES string of the molecule is CCCCCCCCC[N+](CCCCCCCCC)(CCCCCCCCC)CCOc1cccc(C)c1.[I-]. The number of halogens is 1. The van der Waals surface area contributed by atoms with Crippen LogP contribution in [0.25, 0.3) is 0 Å². The molecule has 1 aromatic carbocycles. The van der Waals surface area contributed by atoms with Gasteiger partial charge in [-0.05, 0) is 63.1 Å². The van der Waals surface area contributed by atoms with E-state index in [2.05, 4.69) is 52.0 Å². The highest BCUT2D eigenvalue weighted by Gasteiger charge is 2.26. The zero-order chi connectivity index (χ0) is 27.6. The highest BCUT2D eigenvalue weighted by atomic mass is 127. The van der Waals surface area contributed by atoms with Crippen LogP contribution >= 0.6 is 0 Å². The van der Waals surface area contributed by atoms with Gasteiger partial charge < -0.3 is 33.2 Å². The van der Waals surface area contributed by atoms with Crippen molar-refractivity contribution < 1.29 is 33.2 Å². The monoisotopic (exact) mass is 657 g/mol. The zero-order valence-electron chi connectivity index (χ0n) is 26.9. The summed E-state index contributed by atoms with van der Waals surface area (Å²) < 4.78 is 7.64. The van der Waals surface area contributed by atoms with E-state index in [1.54, 1.807) is 0 Å². The van der Waals surface area contributed by atoms with Crippen LogP contribution in [0.4, 0.5) is 0 Å². The molecule has 0 radical (unpaired) electrons. The molecular formula is C36H68INO. The fourth-order valence-electron chi connectivity index (χ4n) is 5.95. The quantitative estimate of drug-likeness (QED) is 0.0500. The fourth-order valence-corrected chi connectivity index (χ4v) is 5.95. The maximum atomic E-state index is 6.34. The Labute approximate surface area is 263 Å². The average molecular weight is 658 g/mol. The second kappa shape index (κ2) is 27.9. The topological polar surface area (TPSA) is 9.23 Å². The summed E-state index contributed by atoms with van der Waals surface area (Å²) in [5, 5.41) is 0. The summed E-state index contributed by atoms with van der Waals surface area (Å²) in [6.07, 6.45) is 29.5. The second-order valence-corrected chi connectivity index (χ2v) is 12.3. The molecule has 0 aliphatic carbocycles. The smallest absolute Gasteiger partial charge is 0.137 e. The predicted molar refractivity (Wildman–Crippen MR) is 170 cm³/mol. The maximum Gasteiger partial charge on any atom is 0.137 e. The highest BCUT2D eigenvalue weighted by Crippen LogP contribution is 2.20. The Morgan fingerprint density at radius 3 is 1.28 bits per heavy atom. The molecule has 0 aromatic heterocycles. The number of benzene rings is 1. The van der Waals surface area contributed by atoms with Crippen LogP contribution in [0.1, 0.15) is 161 Å². The van der Waals surface area contributed by atoms with Crippen LogP contribution in [0.15, 0.2) is 24.3 Å². The van der Waals surface area contributed by atoms with Crippen LogP contribution in [0.5, 0.6) is 5.75 Å². The lowest BCUT2D eigenvalue weighted by atomic mass is 10.1. The molecule has 1 aromatic rings. The van der Waals surface area contributed by atoms with E-state index >= 15 is 0 Å². The van der Waals surface area contributed by atoms with E-state index in [4.69, 9.17) is 4.74 Å². The van der Waals surface area contributed by atoms with E-state index in [1.807, 2.05) is 0 Å². The first kappa shape index (κ1) is 38.7. The van der Waals surface area contributed by atoms with Crippen LogP contribution in [0.3, 0.4) is 0 Å². The van der Waals surface area contributed by atoms with Gasteiger partial charge in [0.2, 0.25) is 0 Å². The lowest BCUT2D eigenvalue weighted by molar-refractivity contribution is -0.928. The van der Waals surface area contributed by atoms with Crippen molar-refractivity contribution in [1.82, 2.24) is 0 Å². The van der Waals surface area contributed by atoms with E-state index in [0.29, 0.717) is 0 Å². The Kier molecular flexibility index (Phi) is 27.7. The minimum Gasteiger partial charge on any atom is -1.00 e. The van der Waals surface area contributed by atoms with E-state index in [9.17, 15) is 0 Å². The molecule has 0 atom stereocenters. The number of aryl methyl sites for hydroxylation is 1. The molecule has 0 aliphatic heterocycles. The maximum absolute atomic E-state index is 6.34. The normalized spacial score (nSPS) is 11.5. The summed E-state index contributed by atoms with van der Waals surface area (Å²) in [4.78, 5) is 0. The molecule has 39 heavy (non-hydrogen) atoms. The van der Waals surface area contributed by atoms with E-state index in [-0.39, 0.29) is 24.0 Å². The summed E-state index contributed by atoms with van der Waals surface area (Å²) in [5.41, 5.74) is 1.29. The van der Waals surface area contributed by atoms with E-state index in [0.717, 1.165) is 12.4 Å². The highest BCUT2D eigenvalue weighted by molar-refractivity contribution is 5.27. The zero-order valence-corrected chi connectivity index (χ0v) is 29.1. The molecule has 0 aliphatic rings. The van der Waals surface area contributed by atoms with Gasteiger partial charge in [0, 0.05) is 0 Å². The van der Waals surface area contributed by atoms with Gasteiger partial charge in [-0.15, -0.1) is 0 Å². The molecule has 0 bridgehead atoms. The molecular weight excluding hydrogens is 589 g/mol. The molecule has 0 unspecified atom stereocenters.